The smallest absolute Gasteiger partial charge is 0.314 e. The lowest BCUT2D eigenvalue weighted by molar-refractivity contribution is 0.233. The van der Waals surface area contributed by atoms with E-state index in [-0.39, 0.29) is 11.4 Å². The molecule has 0 aliphatic carbocycles. The molecule has 180 valence electrons. The number of anilines is 2. The molecule has 0 saturated carbocycles. The Balaban J connectivity index is 1.53. The van der Waals surface area contributed by atoms with Gasteiger partial charge in [0.05, 0.1) is 22.1 Å². The van der Waals surface area contributed by atoms with Gasteiger partial charge in [0, 0.05) is 44.2 Å². The molecule has 2 aromatic carbocycles. The van der Waals surface area contributed by atoms with E-state index in [1.165, 1.54) is 0 Å². The van der Waals surface area contributed by atoms with Crippen molar-refractivity contribution in [2.24, 2.45) is 0 Å². The van der Waals surface area contributed by atoms with E-state index < -0.39 is 0 Å². The van der Waals surface area contributed by atoms with Crippen LogP contribution in [0.3, 0.4) is 0 Å². The van der Waals surface area contributed by atoms with Crippen molar-refractivity contribution in [2.75, 3.05) is 36.8 Å². The van der Waals surface area contributed by atoms with Gasteiger partial charge < -0.3 is 10.6 Å². The van der Waals surface area contributed by atoms with Crippen LogP contribution in [0.2, 0.25) is 5.02 Å². The summed E-state index contributed by atoms with van der Waals surface area (Å²) in [5, 5.41) is 14.5. The molecular formula is C26H33ClN6O. The molecule has 0 radical (unpaired) electrons. The Morgan fingerprint density at radius 3 is 2.44 bits per heavy atom. The summed E-state index contributed by atoms with van der Waals surface area (Å²) in [6.07, 6.45) is 0. The molecule has 1 saturated heterocycles. The summed E-state index contributed by atoms with van der Waals surface area (Å²) in [5.41, 5.74) is 4.47. The maximum absolute atomic E-state index is 13.0. The van der Waals surface area contributed by atoms with Crippen molar-refractivity contribution >= 4 is 29.1 Å². The highest BCUT2D eigenvalue weighted by Gasteiger charge is 2.22. The van der Waals surface area contributed by atoms with Gasteiger partial charge in [-0.25, -0.2) is 9.48 Å². The Labute approximate surface area is 206 Å². The Kier molecular flexibility index (Phi) is 7.26. The van der Waals surface area contributed by atoms with Gasteiger partial charge >= 0.3 is 6.03 Å². The zero-order valence-corrected chi connectivity index (χ0v) is 21.0. The van der Waals surface area contributed by atoms with Gasteiger partial charge in [-0.15, -0.1) is 0 Å². The van der Waals surface area contributed by atoms with Crippen molar-refractivity contribution in [3.05, 3.63) is 70.4 Å². The molecule has 4 rings (SSSR count). The van der Waals surface area contributed by atoms with Crippen molar-refractivity contribution < 1.29 is 4.79 Å². The van der Waals surface area contributed by atoms with Crippen molar-refractivity contribution in [1.82, 2.24) is 20.0 Å². The lowest BCUT2D eigenvalue weighted by atomic mass is 9.92. The van der Waals surface area contributed by atoms with Gasteiger partial charge in [-0.1, -0.05) is 56.1 Å². The molecule has 3 aromatic rings. The van der Waals surface area contributed by atoms with E-state index in [0.717, 1.165) is 55.2 Å². The summed E-state index contributed by atoms with van der Waals surface area (Å²) >= 11 is 6.41. The minimum absolute atomic E-state index is 0.162. The second-order valence-electron chi connectivity index (χ2n) is 9.83. The van der Waals surface area contributed by atoms with Crippen molar-refractivity contribution in [3.63, 3.8) is 0 Å². The molecule has 34 heavy (non-hydrogen) atoms. The summed E-state index contributed by atoms with van der Waals surface area (Å²) in [5.74, 6) is 0.597. The van der Waals surface area contributed by atoms with Crippen LogP contribution in [-0.2, 0) is 12.0 Å². The SMILES string of the molecule is Cc1ccc(-n2nc(C(C)(C)C)cc2NC(=O)Nc2cc(CN3CCNCC3)ccc2Cl)cc1. The number of aryl methyl sites for hydroxylation is 1. The third-order valence-corrected chi connectivity index (χ3v) is 6.22. The van der Waals surface area contributed by atoms with Gasteiger partial charge in [-0.2, -0.15) is 5.10 Å². The highest BCUT2D eigenvalue weighted by molar-refractivity contribution is 6.33. The number of aromatic nitrogens is 2. The highest BCUT2D eigenvalue weighted by Crippen LogP contribution is 2.28. The lowest BCUT2D eigenvalue weighted by Crippen LogP contribution is -2.42. The molecular weight excluding hydrogens is 448 g/mol. The number of carbonyl (C=O) groups excluding carboxylic acids is 1. The minimum Gasteiger partial charge on any atom is -0.314 e. The van der Waals surface area contributed by atoms with Crippen molar-refractivity contribution in [3.8, 4) is 5.69 Å². The highest BCUT2D eigenvalue weighted by atomic mass is 35.5. The number of urea groups is 1. The van der Waals surface area contributed by atoms with E-state index in [4.69, 9.17) is 16.7 Å². The molecule has 1 aromatic heterocycles. The fourth-order valence-electron chi connectivity index (χ4n) is 3.88. The van der Waals surface area contributed by atoms with Crippen LogP contribution in [0.15, 0.2) is 48.5 Å². The molecule has 7 nitrogen and oxygen atoms in total. The first kappa shape index (κ1) is 24.3. The van der Waals surface area contributed by atoms with Crippen LogP contribution in [0.4, 0.5) is 16.3 Å². The van der Waals surface area contributed by atoms with Gasteiger partial charge in [-0.05, 0) is 36.8 Å². The van der Waals surface area contributed by atoms with Crippen LogP contribution in [-0.4, -0.2) is 46.9 Å². The quantitative estimate of drug-likeness (QED) is 0.470. The predicted molar refractivity (Wildman–Crippen MR) is 139 cm³/mol. The fourth-order valence-corrected chi connectivity index (χ4v) is 4.05. The molecule has 0 bridgehead atoms. The first-order chi connectivity index (χ1) is 16.2. The molecule has 1 aliphatic rings. The molecule has 1 fully saturated rings. The number of hydrogen-bond acceptors (Lipinski definition) is 4. The summed E-state index contributed by atoms with van der Waals surface area (Å²) in [7, 11) is 0. The number of benzene rings is 2. The van der Waals surface area contributed by atoms with Gasteiger partial charge in [-0.3, -0.25) is 10.2 Å². The number of carbonyl (C=O) groups is 1. The van der Waals surface area contributed by atoms with E-state index in [0.29, 0.717) is 16.5 Å². The van der Waals surface area contributed by atoms with E-state index in [1.807, 2.05) is 55.5 Å². The van der Waals surface area contributed by atoms with Gasteiger partial charge in [0.15, 0.2) is 0 Å². The van der Waals surface area contributed by atoms with Gasteiger partial charge in [0.1, 0.15) is 5.82 Å². The second-order valence-corrected chi connectivity index (χ2v) is 10.2. The van der Waals surface area contributed by atoms with Crippen LogP contribution in [0.1, 0.15) is 37.6 Å². The Hall–Kier alpha value is -2.87. The molecule has 0 unspecified atom stereocenters. The number of amides is 2. The summed E-state index contributed by atoms with van der Waals surface area (Å²) in [4.78, 5) is 15.4. The summed E-state index contributed by atoms with van der Waals surface area (Å²) in [6, 6.07) is 15.4. The molecule has 8 heteroatoms. The molecule has 0 atom stereocenters. The monoisotopic (exact) mass is 480 g/mol. The maximum atomic E-state index is 13.0. The van der Waals surface area contributed by atoms with Gasteiger partial charge in [0.25, 0.3) is 0 Å². The summed E-state index contributed by atoms with van der Waals surface area (Å²) in [6.45, 7) is 13.2. The second kappa shape index (κ2) is 10.2. The van der Waals surface area contributed by atoms with Crippen molar-refractivity contribution in [1.29, 1.82) is 0 Å². The zero-order chi connectivity index (χ0) is 24.3. The third-order valence-electron chi connectivity index (χ3n) is 5.89. The first-order valence-corrected chi connectivity index (χ1v) is 12.0. The standard InChI is InChI=1S/C26H33ClN6O/c1-18-5-8-20(9-6-18)33-24(16-23(31-33)26(2,3)4)30-25(34)29-22-15-19(7-10-21(22)27)17-32-13-11-28-12-14-32/h5-10,15-16,28H,11-14,17H2,1-4H3,(H2,29,30,34). The number of hydrogen-bond donors (Lipinski definition) is 3. The van der Waals surface area contributed by atoms with Gasteiger partial charge in [0.2, 0.25) is 0 Å². The predicted octanol–water partition coefficient (Wildman–Crippen LogP) is 5.18. The number of nitrogens with zero attached hydrogens (tertiary/aromatic N) is 3. The van der Waals surface area contributed by atoms with Crippen LogP contribution >= 0.6 is 11.6 Å². The van der Waals surface area contributed by atoms with Crippen LogP contribution in [0, 0.1) is 6.92 Å². The van der Waals surface area contributed by atoms with Crippen LogP contribution in [0.5, 0.6) is 0 Å². The topological polar surface area (TPSA) is 74.2 Å². The van der Waals surface area contributed by atoms with Crippen molar-refractivity contribution in [2.45, 2.75) is 39.7 Å². The fraction of sp³-hybridized carbons (Fsp3) is 0.385. The number of nitrogens with one attached hydrogen (secondary N) is 3. The largest absolute Gasteiger partial charge is 0.324 e. The molecule has 1 aliphatic heterocycles. The summed E-state index contributed by atoms with van der Waals surface area (Å²) < 4.78 is 1.77. The van der Waals surface area contributed by atoms with E-state index in [9.17, 15) is 4.79 Å². The molecule has 2 heterocycles. The Morgan fingerprint density at radius 2 is 1.76 bits per heavy atom. The van der Waals surface area contributed by atoms with E-state index in [1.54, 1.807) is 4.68 Å². The van der Waals surface area contributed by atoms with E-state index >= 15 is 0 Å². The molecule has 3 N–H and O–H groups in total. The zero-order valence-electron chi connectivity index (χ0n) is 20.3. The third kappa shape index (κ3) is 5.97. The maximum Gasteiger partial charge on any atom is 0.324 e. The molecule has 0 spiro atoms. The lowest BCUT2D eigenvalue weighted by Gasteiger charge is -2.27. The Bertz CT molecular complexity index is 1140. The molecule has 2 amide bonds. The van der Waals surface area contributed by atoms with E-state index in [2.05, 4.69) is 41.6 Å². The van der Waals surface area contributed by atoms with Crippen LogP contribution in [0.25, 0.3) is 5.69 Å². The number of rotatable bonds is 5. The minimum atomic E-state index is -0.366. The average Bonchev–Trinajstić information content (AvgIpc) is 3.21. The number of halogens is 1. The Morgan fingerprint density at radius 1 is 1.06 bits per heavy atom. The first-order valence-electron chi connectivity index (χ1n) is 11.7. The normalized spacial score (nSPS) is 14.7. The average molecular weight is 481 g/mol. The van der Waals surface area contributed by atoms with Crippen LogP contribution < -0.4 is 16.0 Å². The number of piperazine rings is 1.